The van der Waals surface area contributed by atoms with Crippen molar-refractivity contribution in [2.24, 2.45) is 0 Å². The van der Waals surface area contributed by atoms with Crippen molar-refractivity contribution < 1.29 is 9.53 Å². The first kappa shape index (κ1) is 16.9. The molecule has 126 valence electrons. The SMILES string of the molecule is COc1ccc(C=CC(=O)Nc2nnc(Cc3ccccc3)s2)cc1. The number of hydrogen-bond acceptors (Lipinski definition) is 5. The zero-order valence-corrected chi connectivity index (χ0v) is 14.5. The van der Waals surface area contributed by atoms with E-state index in [9.17, 15) is 4.79 Å². The number of rotatable bonds is 6. The second-order valence-electron chi connectivity index (χ2n) is 5.26. The quantitative estimate of drug-likeness (QED) is 0.686. The van der Waals surface area contributed by atoms with Gasteiger partial charge in [-0.25, -0.2) is 0 Å². The monoisotopic (exact) mass is 351 g/mol. The molecule has 6 heteroatoms. The summed E-state index contributed by atoms with van der Waals surface area (Å²) in [5.41, 5.74) is 2.08. The smallest absolute Gasteiger partial charge is 0.250 e. The Hall–Kier alpha value is -2.99. The normalized spacial score (nSPS) is 10.8. The Bertz CT molecular complexity index is 858. The highest BCUT2D eigenvalue weighted by molar-refractivity contribution is 7.15. The number of hydrogen-bond donors (Lipinski definition) is 1. The van der Waals surface area contributed by atoms with Crippen LogP contribution in [0, 0.1) is 0 Å². The van der Waals surface area contributed by atoms with Gasteiger partial charge < -0.3 is 4.74 Å². The van der Waals surface area contributed by atoms with E-state index < -0.39 is 0 Å². The maximum absolute atomic E-state index is 12.0. The van der Waals surface area contributed by atoms with Gasteiger partial charge in [-0.3, -0.25) is 10.1 Å². The highest BCUT2D eigenvalue weighted by atomic mass is 32.1. The van der Waals surface area contributed by atoms with Gasteiger partial charge in [-0.15, -0.1) is 10.2 Å². The first-order valence-corrected chi connectivity index (χ1v) is 8.54. The van der Waals surface area contributed by atoms with Crippen LogP contribution in [0.5, 0.6) is 5.75 Å². The summed E-state index contributed by atoms with van der Waals surface area (Å²) in [6.07, 6.45) is 3.91. The van der Waals surface area contributed by atoms with Gasteiger partial charge in [-0.2, -0.15) is 0 Å². The molecule has 0 radical (unpaired) electrons. The third kappa shape index (κ3) is 4.99. The Balaban J connectivity index is 1.56. The number of nitrogens with zero attached hydrogens (tertiary/aromatic N) is 2. The van der Waals surface area contributed by atoms with Crippen LogP contribution in [0.1, 0.15) is 16.1 Å². The van der Waals surface area contributed by atoms with Crippen molar-refractivity contribution in [3.05, 3.63) is 76.8 Å². The first-order chi connectivity index (χ1) is 12.2. The number of carbonyl (C=O) groups excluding carboxylic acids is 1. The summed E-state index contributed by atoms with van der Waals surface area (Å²) in [7, 11) is 1.62. The lowest BCUT2D eigenvalue weighted by Crippen LogP contribution is -2.07. The highest BCUT2D eigenvalue weighted by Gasteiger charge is 2.07. The summed E-state index contributed by atoms with van der Waals surface area (Å²) < 4.78 is 5.10. The number of carbonyl (C=O) groups is 1. The van der Waals surface area contributed by atoms with E-state index in [2.05, 4.69) is 15.5 Å². The van der Waals surface area contributed by atoms with Crippen LogP contribution in [-0.2, 0) is 11.2 Å². The lowest BCUT2D eigenvalue weighted by atomic mass is 10.2. The van der Waals surface area contributed by atoms with Crippen molar-refractivity contribution in [3.63, 3.8) is 0 Å². The minimum absolute atomic E-state index is 0.238. The number of methoxy groups -OCH3 is 1. The molecule has 2 aromatic carbocycles. The van der Waals surface area contributed by atoms with Crippen molar-refractivity contribution in [3.8, 4) is 5.75 Å². The standard InChI is InChI=1S/C19H17N3O2S/c1-24-16-10-7-14(8-11-16)9-12-17(23)20-19-22-21-18(25-19)13-15-5-3-2-4-6-15/h2-12H,13H2,1H3,(H,20,22,23). The third-order valence-electron chi connectivity index (χ3n) is 3.44. The molecular formula is C19H17N3O2S. The molecule has 0 fully saturated rings. The summed E-state index contributed by atoms with van der Waals surface area (Å²) in [6, 6.07) is 17.5. The van der Waals surface area contributed by atoms with Gasteiger partial charge in [-0.05, 0) is 29.3 Å². The molecule has 3 rings (SSSR count). The maximum Gasteiger partial charge on any atom is 0.250 e. The van der Waals surface area contributed by atoms with E-state index in [1.807, 2.05) is 54.6 Å². The molecule has 1 amide bonds. The molecule has 5 nitrogen and oxygen atoms in total. The van der Waals surface area contributed by atoms with E-state index in [4.69, 9.17) is 4.74 Å². The van der Waals surface area contributed by atoms with Gasteiger partial charge in [0.15, 0.2) is 0 Å². The zero-order chi connectivity index (χ0) is 17.5. The van der Waals surface area contributed by atoms with Crippen LogP contribution < -0.4 is 10.1 Å². The molecule has 0 saturated carbocycles. The van der Waals surface area contributed by atoms with Crippen molar-refractivity contribution in [2.75, 3.05) is 12.4 Å². The van der Waals surface area contributed by atoms with Crippen LogP contribution in [0.2, 0.25) is 0 Å². The van der Waals surface area contributed by atoms with Gasteiger partial charge >= 0.3 is 0 Å². The Morgan fingerprint density at radius 2 is 1.88 bits per heavy atom. The van der Waals surface area contributed by atoms with Gasteiger partial charge in [-0.1, -0.05) is 53.8 Å². The van der Waals surface area contributed by atoms with E-state index in [-0.39, 0.29) is 5.91 Å². The topological polar surface area (TPSA) is 64.1 Å². The van der Waals surface area contributed by atoms with Gasteiger partial charge in [0.25, 0.3) is 0 Å². The minimum Gasteiger partial charge on any atom is -0.497 e. The molecule has 25 heavy (non-hydrogen) atoms. The minimum atomic E-state index is -0.238. The van der Waals surface area contributed by atoms with Crippen LogP contribution in [0.25, 0.3) is 6.08 Å². The Kier molecular flexibility index (Phi) is 5.53. The largest absolute Gasteiger partial charge is 0.497 e. The van der Waals surface area contributed by atoms with E-state index in [0.717, 1.165) is 21.9 Å². The Morgan fingerprint density at radius 3 is 2.60 bits per heavy atom. The Morgan fingerprint density at radius 1 is 1.12 bits per heavy atom. The van der Waals surface area contributed by atoms with Crippen LogP contribution in [0.4, 0.5) is 5.13 Å². The van der Waals surface area contributed by atoms with Crippen molar-refractivity contribution in [1.29, 1.82) is 0 Å². The average molecular weight is 351 g/mol. The van der Waals surface area contributed by atoms with Gasteiger partial charge in [0.2, 0.25) is 11.0 Å². The lowest BCUT2D eigenvalue weighted by Gasteiger charge is -1.99. The van der Waals surface area contributed by atoms with Crippen LogP contribution in [0.3, 0.4) is 0 Å². The van der Waals surface area contributed by atoms with Crippen molar-refractivity contribution >= 4 is 28.5 Å². The summed E-state index contributed by atoms with van der Waals surface area (Å²) in [5, 5.41) is 12.2. The predicted octanol–water partition coefficient (Wildman–Crippen LogP) is 3.79. The molecule has 0 unspecified atom stereocenters. The number of benzene rings is 2. The molecule has 3 aromatic rings. The van der Waals surface area contributed by atoms with Crippen molar-refractivity contribution in [1.82, 2.24) is 10.2 Å². The number of aromatic nitrogens is 2. The second-order valence-corrected chi connectivity index (χ2v) is 6.32. The van der Waals surface area contributed by atoms with Gasteiger partial charge in [0.1, 0.15) is 10.8 Å². The van der Waals surface area contributed by atoms with Gasteiger partial charge in [0, 0.05) is 12.5 Å². The van der Waals surface area contributed by atoms with Crippen LogP contribution >= 0.6 is 11.3 Å². The summed E-state index contributed by atoms with van der Waals surface area (Å²) >= 11 is 1.38. The molecule has 1 aromatic heterocycles. The predicted molar refractivity (Wildman–Crippen MR) is 99.8 cm³/mol. The fraction of sp³-hybridized carbons (Fsp3) is 0.105. The fourth-order valence-electron chi connectivity index (χ4n) is 2.18. The molecule has 0 aliphatic rings. The van der Waals surface area contributed by atoms with Crippen molar-refractivity contribution in [2.45, 2.75) is 6.42 Å². The van der Waals surface area contributed by atoms with E-state index in [0.29, 0.717) is 11.6 Å². The molecule has 0 aliphatic heterocycles. The molecule has 0 bridgehead atoms. The molecule has 0 atom stereocenters. The fourth-order valence-corrected chi connectivity index (χ4v) is 2.96. The summed E-state index contributed by atoms with van der Waals surface area (Å²) in [6.45, 7) is 0. The second kappa shape index (κ2) is 8.21. The highest BCUT2D eigenvalue weighted by Crippen LogP contribution is 2.18. The molecule has 1 N–H and O–H groups in total. The van der Waals surface area contributed by atoms with Gasteiger partial charge in [0.05, 0.1) is 7.11 Å². The van der Waals surface area contributed by atoms with E-state index in [1.165, 1.54) is 17.4 Å². The maximum atomic E-state index is 12.0. The zero-order valence-electron chi connectivity index (χ0n) is 13.7. The summed E-state index contributed by atoms with van der Waals surface area (Å²) in [5.74, 6) is 0.541. The first-order valence-electron chi connectivity index (χ1n) is 7.72. The number of nitrogens with one attached hydrogen (secondary N) is 1. The van der Waals surface area contributed by atoms with Crippen LogP contribution in [0.15, 0.2) is 60.7 Å². The summed E-state index contributed by atoms with van der Waals surface area (Å²) in [4.78, 5) is 12.0. The Labute approximate surface area is 150 Å². The molecule has 0 aliphatic carbocycles. The van der Waals surface area contributed by atoms with E-state index in [1.54, 1.807) is 13.2 Å². The average Bonchev–Trinajstić information content (AvgIpc) is 3.08. The number of anilines is 1. The molecule has 0 saturated heterocycles. The molecular weight excluding hydrogens is 334 g/mol. The number of ether oxygens (including phenoxy) is 1. The molecule has 0 spiro atoms. The van der Waals surface area contributed by atoms with Crippen LogP contribution in [-0.4, -0.2) is 23.2 Å². The lowest BCUT2D eigenvalue weighted by molar-refractivity contribution is -0.111. The number of amides is 1. The van der Waals surface area contributed by atoms with E-state index >= 15 is 0 Å². The molecule has 1 heterocycles. The third-order valence-corrected chi connectivity index (χ3v) is 4.28.